The van der Waals surface area contributed by atoms with Gasteiger partial charge in [0.1, 0.15) is 0 Å². The number of benzene rings is 1. The number of urea groups is 1. The quantitative estimate of drug-likeness (QED) is 0.463. The number of aromatic nitrogens is 1. The van der Waals surface area contributed by atoms with Gasteiger partial charge in [-0.2, -0.15) is 0 Å². The maximum absolute atomic E-state index is 12.2. The van der Waals surface area contributed by atoms with Crippen LogP contribution in [0.2, 0.25) is 0 Å². The Kier molecular flexibility index (Phi) is 6.66. The molecule has 0 spiro atoms. The molecule has 0 saturated heterocycles. The molecule has 130 valence electrons. The molecule has 1 atom stereocenters. The van der Waals surface area contributed by atoms with Crippen molar-refractivity contribution < 1.29 is 9.59 Å². The smallest absolute Gasteiger partial charge is 0.333 e. The summed E-state index contributed by atoms with van der Waals surface area (Å²) in [5.74, 6) is -0.349. The van der Waals surface area contributed by atoms with Crippen molar-refractivity contribution >= 4 is 22.8 Å². The van der Waals surface area contributed by atoms with E-state index in [1.165, 1.54) is 19.3 Å². The van der Waals surface area contributed by atoms with Crippen LogP contribution in [-0.2, 0) is 0 Å². The van der Waals surface area contributed by atoms with Crippen molar-refractivity contribution in [3.05, 3.63) is 36.0 Å². The molecule has 1 unspecified atom stereocenters. The first-order valence-corrected chi connectivity index (χ1v) is 8.54. The second kappa shape index (κ2) is 8.96. The average Bonchev–Trinajstić information content (AvgIpc) is 3.01. The van der Waals surface area contributed by atoms with E-state index in [-0.39, 0.29) is 11.9 Å². The first kappa shape index (κ1) is 17.8. The molecule has 6 nitrogen and oxygen atoms in total. The minimum atomic E-state index is -0.397. The zero-order valence-electron chi connectivity index (χ0n) is 14.3. The zero-order valence-corrected chi connectivity index (χ0v) is 14.3. The first-order chi connectivity index (χ1) is 11.6. The van der Waals surface area contributed by atoms with E-state index in [1.807, 2.05) is 31.2 Å². The van der Waals surface area contributed by atoms with Gasteiger partial charge >= 0.3 is 6.03 Å². The van der Waals surface area contributed by atoms with E-state index < -0.39 is 6.03 Å². The number of hydrazine groups is 1. The summed E-state index contributed by atoms with van der Waals surface area (Å²) in [7, 11) is 0. The fraction of sp³-hybridized carbons (Fsp3) is 0.444. The van der Waals surface area contributed by atoms with Gasteiger partial charge in [0, 0.05) is 23.1 Å². The van der Waals surface area contributed by atoms with Crippen molar-refractivity contribution in [3.63, 3.8) is 0 Å². The van der Waals surface area contributed by atoms with Gasteiger partial charge in [0.25, 0.3) is 5.91 Å². The number of para-hydroxylation sites is 1. The summed E-state index contributed by atoms with van der Waals surface area (Å²) in [6.45, 7) is 4.14. The molecule has 0 fully saturated rings. The molecule has 0 bridgehead atoms. The number of hydrogen-bond acceptors (Lipinski definition) is 2. The van der Waals surface area contributed by atoms with E-state index in [4.69, 9.17) is 0 Å². The van der Waals surface area contributed by atoms with Crippen LogP contribution in [0.1, 0.15) is 56.3 Å². The molecule has 0 saturated carbocycles. The topological polar surface area (TPSA) is 86.0 Å². The second-order valence-electron chi connectivity index (χ2n) is 6.05. The van der Waals surface area contributed by atoms with E-state index in [0.717, 1.165) is 23.7 Å². The van der Waals surface area contributed by atoms with Crippen molar-refractivity contribution in [3.8, 4) is 0 Å². The summed E-state index contributed by atoms with van der Waals surface area (Å²) >= 11 is 0. The van der Waals surface area contributed by atoms with Gasteiger partial charge in [-0.1, -0.05) is 50.8 Å². The summed E-state index contributed by atoms with van der Waals surface area (Å²) in [6, 6.07) is 7.20. The Bertz CT molecular complexity index is 680. The maximum atomic E-state index is 12.2. The zero-order chi connectivity index (χ0) is 17.4. The lowest BCUT2D eigenvalue weighted by molar-refractivity contribution is 0.0937. The van der Waals surface area contributed by atoms with Crippen LogP contribution in [0.5, 0.6) is 0 Å². The van der Waals surface area contributed by atoms with Crippen LogP contribution in [0.4, 0.5) is 4.79 Å². The summed E-state index contributed by atoms with van der Waals surface area (Å²) in [5.41, 5.74) is 6.22. The van der Waals surface area contributed by atoms with Crippen LogP contribution >= 0.6 is 0 Å². The number of carbonyl (C=O) groups is 2. The van der Waals surface area contributed by atoms with Gasteiger partial charge in [-0.05, 0) is 19.4 Å². The Morgan fingerprint density at radius 1 is 1.12 bits per heavy atom. The number of hydrogen-bond donors (Lipinski definition) is 4. The molecule has 2 rings (SSSR count). The van der Waals surface area contributed by atoms with Crippen LogP contribution in [-0.4, -0.2) is 23.0 Å². The lowest BCUT2D eigenvalue weighted by Crippen LogP contribution is -2.49. The number of aromatic amines is 1. The third-order valence-corrected chi connectivity index (χ3v) is 3.99. The molecule has 0 radical (unpaired) electrons. The fourth-order valence-corrected chi connectivity index (χ4v) is 2.65. The van der Waals surface area contributed by atoms with Crippen LogP contribution in [0.15, 0.2) is 30.5 Å². The summed E-state index contributed by atoms with van der Waals surface area (Å²) < 4.78 is 0. The standard InChI is InChI=1S/C18H26N4O2/c1-3-4-5-6-9-13(2)20-18(24)22-21-17(23)15-12-19-16-11-8-7-10-14(15)16/h7-8,10-13,19H,3-6,9H2,1-2H3,(H,21,23)(H2,20,22,24). The summed E-state index contributed by atoms with van der Waals surface area (Å²) in [5, 5.41) is 3.64. The number of unbranched alkanes of at least 4 members (excludes halogenated alkanes) is 3. The number of fused-ring (bicyclic) bond motifs is 1. The Morgan fingerprint density at radius 3 is 2.71 bits per heavy atom. The van der Waals surface area contributed by atoms with E-state index in [1.54, 1.807) is 6.20 Å². The van der Waals surface area contributed by atoms with Gasteiger partial charge in [-0.25, -0.2) is 10.2 Å². The minimum absolute atomic E-state index is 0.0758. The Morgan fingerprint density at radius 2 is 1.92 bits per heavy atom. The summed E-state index contributed by atoms with van der Waals surface area (Å²) in [6.07, 6.45) is 7.26. The second-order valence-corrected chi connectivity index (χ2v) is 6.05. The molecule has 24 heavy (non-hydrogen) atoms. The Labute approximate surface area is 142 Å². The van der Waals surface area contributed by atoms with Crippen LogP contribution in [0.3, 0.4) is 0 Å². The maximum Gasteiger partial charge on any atom is 0.333 e. The normalized spacial score (nSPS) is 11.9. The highest BCUT2D eigenvalue weighted by atomic mass is 16.2. The van der Waals surface area contributed by atoms with Crippen LogP contribution in [0, 0.1) is 0 Å². The molecular formula is C18H26N4O2. The molecule has 0 aliphatic rings. The van der Waals surface area contributed by atoms with Crippen molar-refractivity contribution in [1.29, 1.82) is 0 Å². The highest BCUT2D eigenvalue weighted by Crippen LogP contribution is 2.17. The predicted octanol–water partition coefficient (Wildman–Crippen LogP) is 3.47. The molecule has 1 aromatic carbocycles. The predicted molar refractivity (Wildman–Crippen MR) is 95.7 cm³/mol. The van der Waals surface area contributed by atoms with Gasteiger partial charge in [-0.15, -0.1) is 0 Å². The Balaban J connectivity index is 1.76. The molecule has 1 heterocycles. The Hall–Kier alpha value is -2.50. The number of rotatable bonds is 7. The highest BCUT2D eigenvalue weighted by Gasteiger charge is 2.13. The molecule has 1 aromatic heterocycles. The van der Waals surface area contributed by atoms with E-state index in [9.17, 15) is 9.59 Å². The molecule has 0 aliphatic heterocycles. The van der Waals surface area contributed by atoms with Crippen LogP contribution in [0.25, 0.3) is 10.9 Å². The largest absolute Gasteiger partial charge is 0.360 e. The number of nitrogens with one attached hydrogen (secondary N) is 4. The molecule has 6 heteroatoms. The van der Waals surface area contributed by atoms with E-state index >= 15 is 0 Å². The molecule has 2 aromatic rings. The van der Waals surface area contributed by atoms with Gasteiger partial charge in [0.2, 0.25) is 0 Å². The average molecular weight is 330 g/mol. The number of amides is 3. The van der Waals surface area contributed by atoms with Gasteiger partial charge < -0.3 is 10.3 Å². The highest BCUT2D eigenvalue weighted by molar-refractivity contribution is 6.07. The SMILES string of the molecule is CCCCCCC(C)NC(=O)NNC(=O)c1c[nH]c2ccccc12. The lowest BCUT2D eigenvalue weighted by Gasteiger charge is -2.14. The van der Waals surface area contributed by atoms with Gasteiger partial charge in [0.05, 0.1) is 5.56 Å². The van der Waals surface area contributed by atoms with E-state index in [2.05, 4.69) is 28.1 Å². The van der Waals surface area contributed by atoms with Crippen molar-refractivity contribution in [2.24, 2.45) is 0 Å². The minimum Gasteiger partial charge on any atom is -0.360 e. The molecule has 0 aliphatic carbocycles. The van der Waals surface area contributed by atoms with Gasteiger partial charge in [-0.3, -0.25) is 10.2 Å². The van der Waals surface area contributed by atoms with Crippen molar-refractivity contribution in [2.75, 3.05) is 0 Å². The van der Waals surface area contributed by atoms with Crippen LogP contribution < -0.4 is 16.2 Å². The van der Waals surface area contributed by atoms with Crippen molar-refractivity contribution in [1.82, 2.24) is 21.2 Å². The fourth-order valence-electron chi connectivity index (χ4n) is 2.65. The molecule has 3 amide bonds. The first-order valence-electron chi connectivity index (χ1n) is 8.54. The monoisotopic (exact) mass is 330 g/mol. The van der Waals surface area contributed by atoms with E-state index in [0.29, 0.717) is 5.56 Å². The number of H-pyrrole nitrogens is 1. The van der Waals surface area contributed by atoms with Gasteiger partial charge in [0.15, 0.2) is 0 Å². The van der Waals surface area contributed by atoms with Crippen molar-refractivity contribution in [2.45, 2.75) is 52.0 Å². The molecular weight excluding hydrogens is 304 g/mol. The molecule has 4 N–H and O–H groups in total. The third kappa shape index (κ3) is 5.01. The number of carbonyl (C=O) groups excluding carboxylic acids is 2. The lowest BCUT2D eigenvalue weighted by atomic mass is 10.1. The third-order valence-electron chi connectivity index (χ3n) is 3.99. The summed E-state index contributed by atoms with van der Waals surface area (Å²) in [4.78, 5) is 27.0.